The molecule has 0 heterocycles. The van der Waals surface area contributed by atoms with E-state index >= 15 is 0 Å². The first-order chi connectivity index (χ1) is 40.3. The molecule has 10 heteroatoms. The van der Waals surface area contributed by atoms with Crippen LogP contribution in [-0.2, 0) is 16.2 Å². The van der Waals surface area contributed by atoms with Crippen molar-refractivity contribution in [1.29, 1.82) is 0 Å². The molecule has 0 aliphatic heterocycles. The molecule has 9 aromatic carbocycles. The zero-order valence-corrected chi connectivity index (χ0v) is 49.5. The van der Waals surface area contributed by atoms with Gasteiger partial charge in [-0.25, -0.2) is 14.4 Å². The van der Waals surface area contributed by atoms with Crippen LogP contribution in [-0.4, -0.2) is 55.7 Å². The summed E-state index contributed by atoms with van der Waals surface area (Å²) < 4.78 is 5.51. The number of phenolic OH excluding ortho intramolecular Hbond substituents is 3. The van der Waals surface area contributed by atoms with Crippen LogP contribution in [0.2, 0.25) is 0 Å². The van der Waals surface area contributed by atoms with Crippen molar-refractivity contribution in [3.8, 4) is 56.4 Å². The summed E-state index contributed by atoms with van der Waals surface area (Å²) in [6.45, 7) is 15.0. The Morgan fingerprint density at radius 1 is 0.405 bits per heavy atom. The van der Waals surface area contributed by atoms with E-state index in [2.05, 4.69) is 47.6 Å². The standard InChI is InChI=1S/C28H32O4.C26H28O3.C20H16O3/c1-5-7-11-28(12-8-6-2)22-10-9-18(27(30)31)14-21(22)26-20-13-17(3)25(32-4)15-19(20)24(29)16-23(26)28;1-3-5-13-26(14-6-4-2)21-12-11-17(25(28)29)15-20(21)24-19-10-8-7-9-18(19)23(27)16-22(24)26;1-20(2)15-8-7-11(19(22)23)9-14(15)18-13-6-4-3-5-12(13)17(21)10-16(18)20/h9-10,13-16,29H,5-8,11-12H2,1-4H3,(H,30,31);7-12,15-16,27H,3-6,13-14H2,1-2H3,(H,28,29);3-10,21H,1-2H3,(H,22,23). The fourth-order valence-corrected chi connectivity index (χ4v) is 14.3. The van der Waals surface area contributed by atoms with E-state index in [0.717, 1.165) is 176 Å². The summed E-state index contributed by atoms with van der Waals surface area (Å²) in [5.74, 6) is -1.20. The summed E-state index contributed by atoms with van der Waals surface area (Å²) in [4.78, 5) is 34.9. The van der Waals surface area contributed by atoms with Gasteiger partial charge >= 0.3 is 17.9 Å². The fourth-order valence-electron chi connectivity index (χ4n) is 14.3. The van der Waals surface area contributed by atoms with E-state index in [1.165, 1.54) is 11.1 Å². The number of hydrogen-bond acceptors (Lipinski definition) is 7. The number of unbranched alkanes of at least 4 members (excludes halogenated alkanes) is 4. The minimum Gasteiger partial charge on any atom is -0.507 e. The average Bonchev–Trinajstić information content (AvgIpc) is 1.69. The molecule has 0 atom stereocenters. The van der Waals surface area contributed by atoms with Crippen LogP contribution < -0.4 is 4.74 Å². The molecule has 0 amide bonds. The van der Waals surface area contributed by atoms with Crippen molar-refractivity contribution in [2.75, 3.05) is 7.11 Å². The molecule has 0 saturated heterocycles. The number of hydrogen-bond donors (Lipinski definition) is 6. The second-order valence-corrected chi connectivity index (χ2v) is 23.8. The van der Waals surface area contributed by atoms with Gasteiger partial charge in [-0.1, -0.05) is 160 Å². The van der Waals surface area contributed by atoms with Crippen molar-refractivity contribution in [2.24, 2.45) is 0 Å². The number of carboxylic acids is 3. The average molecular weight is 1130 g/mol. The monoisotopic (exact) mass is 1120 g/mol. The van der Waals surface area contributed by atoms with E-state index in [-0.39, 0.29) is 33.3 Å². The van der Waals surface area contributed by atoms with Gasteiger partial charge in [-0.3, -0.25) is 0 Å². The molecule has 432 valence electrons. The van der Waals surface area contributed by atoms with Crippen LogP contribution in [0, 0.1) is 6.92 Å². The topological polar surface area (TPSA) is 182 Å². The van der Waals surface area contributed by atoms with Gasteiger partial charge in [0, 0.05) is 32.4 Å². The zero-order chi connectivity index (χ0) is 60.0. The molecular weight excluding hydrogens is 1050 g/mol. The number of aromatic carboxylic acids is 3. The molecule has 0 unspecified atom stereocenters. The Balaban J connectivity index is 0.000000142. The molecule has 84 heavy (non-hydrogen) atoms. The summed E-state index contributed by atoms with van der Waals surface area (Å²) in [5.41, 5.74) is 14.2. The molecule has 0 aromatic heterocycles. The molecule has 10 nitrogen and oxygen atoms in total. The van der Waals surface area contributed by atoms with Gasteiger partial charge in [-0.05, 0) is 188 Å². The Labute approximate surface area is 492 Å². The highest BCUT2D eigenvalue weighted by molar-refractivity contribution is 6.09. The summed E-state index contributed by atoms with van der Waals surface area (Å²) in [6, 6.07) is 41.7. The first kappa shape index (κ1) is 58.6. The number of carbonyl (C=O) groups is 3. The highest BCUT2D eigenvalue weighted by atomic mass is 16.5. The van der Waals surface area contributed by atoms with Crippen LogP contribution in [0.4, 0.5) is 0 Å². The van der Waals surface area contributed by atoms with Crippen LogP contribution in [0.5, 0.6) is 23.0 Å². The Hall–Kier alpha value is -8.63. The molecule has 3 aliphatic rings. The number of methoxy groups -OCH3 is 1. The van der Waals surface area contributed by atoms with Crippen LogP contribution in [0.25, 0.3) is 65.7 Å². The normalized spacial score (nSPS) is 14.0. The molecule has 0 spiro atoms. The van der Waals surface area contributed by atoms with E-state index in [0.29, 0.717) is 16.9 Å². The number of aryl methyl sites for hydroxylation is 1. The van der Waals surface area contributed by atoms with Gasteiger partial charge in [0.2, 0.25) is 0 Å². The molecule has 12 rings (SSSR count). The van der Waals surface area contributed by atoms with Crippen LogP contribution in [0.1, 0.15) is 189 Å². The molecule has 6 N–H and O–H groups in total. The van der Waals surface area contributed by atoms with Crippen LogP contribution in [0.3, 0.4) is 0 Å². The van der Waals surface area contributed by atoms with Gasteiger partial charge in [0.1, 0.15) is 23.0 Å². The second-order valence-electron chi connectivity index (χ2n) is 23.8. The lowest BCUT2D eigenvalue weighted by atomic mass is 9.70. The van der Waals surface area contributed by atoms with Crippen molar-refractivity contribution in [3.05, 3.63) is 189 Å². The molecule has 0 radical (unpaired) electrons. The Morgan fingerprint density at radius 3 is 1.14 bits per heavy atom. The Bertz CT molecular complexity index is 4070. The predicted octanol–water partition coefficient (Wildman–Crippen LogP) is 18.6. The number of fused-ring (bicyclic) bond motifs is 15. The maximum Gasteiger partial charge on any atom is 0.335 e. The number of ether oxygens (including phenoxy) is 1. The largest absolute Gasteiger partial charge is 0.507 e. The zero-order valence-electron chi connectivity index (χ0n) is 49.5. The summed E-state index contributed by atoms with van der Waals surface area (Å²) in [7, 11) is 1.63. The quantitative estimate of drug-likeness (QED) is 0.0545. The lowest BCUT2D eigenvalue weighted by Gasteiger charge is -2.33. The summed E-state index contributed by atoms with van der Waals surface area (Å²) >= 11 is 0. The van der Waals surface area contributed by atoms with E-state index in [9.17, 15) is 45.0 Å². The van der Waals surface area contributed by atoms with Crippen LogP contribution >= 0.6 is 0 Å². The molecule has 0 bridgehead atoms. The fraction of sp³-hybridized carbons (Fsp3) is 0.311. The predicted molar refractivity (Wildman–Crippen MR) is 337 cm³/mol. The number of rotatable bonds is 16. The lowest BCUT2D eigenvalue weighted by molar-refractivity contribution is 0.0686. The van der Waals surface area contributed by atoms with Crippen molar-refractivity contribution in [1.82, 2.24) is 0 Å². The first-order valence-electron chi connectivity index (χ1n) is 29.8. The van der Waals surface area contributed by atoms with Crippen molar-refractivity contribution < 1.29 is 49.8 Å². The Kier molecular flexibility index (Phi) is 16.2. The van der Waals surface area contributed by atoms with E-state index in [4.69, 9.17) is 4.74 Å². The van der Waals surface area contributed by atoms with Gasteiger partial charge in [0.15, 0.2) is 0 Å². The van der Waals surface area contributed by atoms with Crippen LogP contribution in [0.15, 0.2) is 133 Å². The van der Waals surface area contributed by atoms with Gasteiger partial charge in [-0.2, -0.15) is 0 Å². The van der Waals surface area contributed by atoms with Crippen molar-refractivity contribution in [3.63, 3.8) is 0 Å². The number of phenols is 3. The SMILES string of the molecule is CC1(C)c2ccc(C(=O)O)cc2-c2c1cc(O)c1ccccc21.CCCCC1(CCCC)c2ccc(C(=O)O)cc2-c2c1cc(O)c1cc(OC)c(C)cc21.CCCCC1(CCCC)c2ccc(C(=O)O)cc2-c2c1cc(O)c1ccccc21. The summed E-state index contributed by atoms with van der Waals surface area (Å²) in [5, 5.41) is 66.2. The number of benzene rings is 9. The van der Waals surface area contributed by atoms with E-state index < -0.39 is 17.9 Å². The minimum absolute atomic E-state index is 0.171. The molecule has 3 aliphatic carbocycles. The molecule has 0 saturated carbocycles. The molecule has 9 aromatic rings. The molecular formula is C74H76O10. The minimum atomic E-state index is -0.929. The first-order valence-corrected chi connectivity index (χ1v) is 29.8. The van der Waals surface area contributed by atoms with Gasteiger partial charge in [0.05, 0.1) is 23.8 Å². The maximum atomic E-state index is 11.8. The highest BCUT2D eigenvalue weighted by Gasteiger charge is 2.46. The third-order valence-corrected chi connectivity index (χ3v) is 18.5. The molecule has 0 fully saturated rings. The van der Waals surface area contributed by atoms with E-state index in [1.807, 2.05) is 110 Å². The smallest absolute Gasteiger partial charge is 0.335 e. The lowest BCUT2D eigenvalue weighted by Crippen LogP contribution is -2.25. The van der Waals surface area contributed by atoms with Gasteiger partial charge in [-0.15, -0.1) is 0 Å². The highest BCUT2D eigenvalue weighted by Crippen LogP contribution is 2.60. The third kappa shape index (κ3) is 9.77. The Morgan fingerprint density at radius 2 is 0.750 bits per heavy atom. The van der Waals surface area contributed by atoms with E-state index in [1.54, 1.807) is 31.4 Å². The van der Waals surface area contributed by atoms with Crippen molar-refractivity contribution in [2.45, 2.75) is 142 Å². The van der Waals surface area contributed by atoms with Crippen molar-refractivity contribution >= 4 is 50.2 Å². The second kappa shape index (κ2) is 23.2. The third-order valence-electron chi connectivity index (χ3n) is 18.5. The number of aromatic hydroxyl groups is 3. The van der Waals surface area contributed by atoms with Gasteiger partial charge in [0.25, 0.3) is 0 Å². The number of carboxylic acid groups (broad SMARTS) is 3. The summed E-state index contributed by atoms with van der Waals surface area (Å²) in [6.07, 6.45) is 12.7. The van der Waals surface area contributed by atoms with Gasteiger partial charge < -0.3 is 35.4 Å². The maximum absolute atomic E-state index is 11.8.